The lowest BCUT2D eigenvalue weighted by Crippen LogP contribution is -2.01. The Morgan fingerprint density at radius 1 is 0.882 bits per heavy atom. The van der Waals surface area contributed by atoms with Gasteiger partial charge in [-0.1, -0.05) is 35.9 Å². The molecule has 1 nitrogen and oxygen atoms in total. The molecule has 0 unspecified atom stereocenters. The molecule has 0 radical (unpaired) electrons. The Morgan fingerprint density at radius 3 is 2.35 bits per heavy atom. The average molecular weight is 225 g/mol. The summed E-state index contributed by atoms with van der Waals surface area (Å²) in [5, 5.41) is 3.46. The van der Waals surface area contributed by atoms with Gasteiger partial charge in [0.25, 0.3) is 0 Å². The Balaban J connectivity index is 2.07. The van der Waals surface area contributed by atoms with Crippen LogP contribution in [0, 0.1) is 20.8 Å². The van der Waals surface area contributed by atoms with E-state index in [1.165, 1.54) is 27.9 Å². The highest BCUT2D eigenvalue weighted by molar-refractivity contribution is 5.46. The van der Waals surface area contributed by atoms with Crippen LogP contribution in [-0.2, 0) is 6.54 Å². The zero-order chi connectivity index (χ0) is 12.3. The number of nitrogens with one attached hydrogen (secondary N) is 1. The van der Waals surface area contributed by atoms with Gasteiger partial charge in [-0.05, 0) is 49.6 Å². The van der Waals surface area contributed by atoms with Crippen molar-refractivity contribution in [3.05, 3.63) is 64.7 Å². The molecule has 1 heteroatoms. The largest absolute Gasteiger partial charge is 0.381 e. The Labute approximate surface area is 103 Å². The van der Waals surface area contributed by atoms with Gasteiger partial charge >= 0.3 is 0 Å². The van der Waals surface area contributed by atoms with Crippen molar-refractivity contribution in [3.63, 3.8) is 0 Å². The first-order valence-electron chi connectivity index (χ1n) is 6.02. The van der Waals surface area contributed by atoms with Crippen molar-refractivity contribution in [2.45, 2.75) is 27.3 Å². The minimum atomic E-state index is 0.884. The number of hydrogen-bond acceptors (Lipinski definition) is 1. The Hall–Kier alpha value is -1.76. The van der Waals surface area contributed by atoms with Crippen LogP contribution < -0.4 is 5.32 Å². The van der Waals surface area contributed by atoms with Crippen LogP contribution in [0.2, 0.25) is 0 Å². The Bertz CT molecular complexity index is 515. The van der Waals surface area contributed by atoms with Gasteiger partial charge in [0.15, 0.2) is 0 Å². The molecule has 0 saturated heterocycles. The van der Waals surface area contributed by atoms with E-state index in [1.54, 1.807) is 0 Å². The molecule has 0 spiro atoms. The van der Waals surface area contributed by atoms with Gasteiger partial charge in [-0.2, -0.15) is 0 Å². The smallest absolute Gasteiger partial charge is 0.0403 e. The standard InChI is InChI=1S/C16H19N/c1-12-5-4-6-16(10-12)17-11-15-8-7-13(2)9-14(15)3/h4-10,17H,11H2,1-3H3. The quantitative estimate of drug-likeness (QED) is 0.824. The molecule has 0 fully saturated rings. The number of benzene rings is 2. The van der Waals surface area contributed by atoms with E-state index >= 15 is 0 Å². The predicted molar refractivity (Wildman–Crippen MR) is 74.4 cm³/mol. The molecule has 2 aromatic carbocycles. The minimum Gasteiger partial charge on any atom is -0.381 e. The maximum atomic E-state index is 3.46. The topological polar surface area (TPSA) is 12.0 Å². The molecular weight excluding hydrogens is 206 g/mol. The van der Waals surface area contributed by atoms with Crippen molar-refractivity contribution >= 4 is 5.69 Å². The summed E-state index contributed by atoms with van der Waals surface area (Å²) < 4.78 is 0. The lowest BCUT2D eigenvalue weighted by atomic mass is 10.1. The van der Waals surface area contributed by atoms with Gasteiger partial charge in [0.1, 0.15) is 0 Å². The molecule has 0 saturated carbocycles. The molecule has 0 aromatic heterocycles. The van der Waals surface area contributed by atoms with Crippen molar-refractivity contribution in [2.24, 2.45) is 0 Å². The second kappa shape index (κ2) is 5.05. The summed E-state index contributed by atoms with van der Waals surface area (Å²) in [4.78, 5) is 0. The predicted octanol–water partition coefficient (Wildman–Crippen LogP) is 4.22. The fraction of sp³-hybridized carbons (Fsp3) is 0.250. The summed E-state index contributed by atoms with van der Waals surface area (Å²) in [6.45, 7) is 7.29. The van der Waals surface area contributed by atoms with E-state index in [9.17, 15) is 0 Å². The lowest BCUT2D eigenvalue weighted by Gasteiger charge is -2.10. The van der Waals surface area contributed by atoms with Crippen LogP contribution in [0.1, 0.15) is 22.3 Å². The average Bonchev–Trinajstić information content (AvgIpc) is 2.28. The summed E-state index contributed by atoms with van der Waals surface area (Å²) in [6.07, 6.45) is 0. The summed E-state index contributed by atoms with van der Waals surface area (Å²) in [6, 6.07) is 15.1. The molecule has 0 atom stereocenters. The maximum Gasteiger partial charge on any atom is 0.0403 e. The maximum absolute atomic E-state index is 3.46. The highest BCUT2D eigenvalue weighted by Crippen LogP contribution is 2.14. The monoisotopic (exact) mass is 225 g/mol. The highest BCUT2D eigenvalue weighted by Gasteiger charge is 1.98. The van der Waals surface area contributed by atoms with Crippen LogP contribution in [0.5, 0.6) is 0 Å². The highest BCUT2D eigenvalue weighted by atomic mass is 14.9. The molecule has 0 aliphatic rings. The Kier molecular flexibility index (Phi) is 3.48. The molecular formula is C16H19N. The van der Waals surface area contributed by atoms with Gasteiger partial charge in [-0.15, -0.1) is 0 Å². The van der Waals surface area contributed by atoms with E-state index in [2.05, 4.69) is 68.6 Å². The molecule has 0 heterocycles. The van der Waals surface area contributed by atoms with E-state index < -0.39 is 0 Å². The van der Waals surface area contributed by atoms with Crippen molar-refractivity contribution in [1.82, 2.24) is 0 Å². The third-order valence-electron chi connectivity index (χ3n) is 3.00. The van der Waals surface area contributed by atoms with Gasteiger partial charge in [0.05, 0.1) is 0 Å². The third-order valence-corrected chi connectivity index (χ3v) is 3.00. The third kappa shape index (κ3) is 3.10. The fourth-order valence-electron chi connectivity index (χ4n) is 2.00. The van der Waals surface area contributed by atoms with Gasteiger partial charge in [-0.3, -0.25) is 0 Å². The van der Waals surface area contributed by atoms with Crippen molar-refractivity contribution in [2.75, 3.05) is 5.32 Å². The van der Waals surface area contributed by atoms with Crippen molar-refractivity contribution < 1.29 is 0 Å². The van der Waals surface area contributed by atoms with E-state index in [0.29, 0.717) is 0 Å². The lowest BCUT2D eigenvalue weighted by molar-refractivity contribution is 1.11. The first-order chi connectivity index (χ1) is 8.15. The number of anilines is 1. The molecule has 1 N–H and O–H groups in total. The second-order valence-electron chi connectivity index (χ2n) is 4.65. The van der Waals surface area contributed by atoms with Gasteiger partial charge in [0, 0.05) is 12.2 Å². The molecule has 0 aliphatic heterocycles. The van der Waals surface area contributed by atoms with Crippen molar-refractivity contribution in [3.8, 4) is 0 Å². The summed E-state index contributed by atoms with van der Waals surface area (Å²) in [7, 11) is 0. The SMILES string of the molecule is Cc1cccc(NCc2ccc(C)cc2C)c1. The summed E-state index contributed by atoms with van der Waals surface area (Å²) in [5.41, 5.74) is 6.50. The van der Waals surface area contributed by atoms with Gasteiger partial charge in [-0.25, -0.2) is 0 Å². The second-order valence-corrected chi connectivity index (χ2v) is 4.65. The van der Waals surface area contributed by atoms with Crippen LogP contribution in [0.15, 0.2) is 42.5 Å². The van der Waals surface area contributed by atoms with E-state index in [0.717, 1.165) is 6.54 Å². The van der Waals surface area contributed by atoms with Crippen LogP contribution in [0.25, 0.3) is 0 Å². The molecule has 2 aromatic rings. The fourth-order valence-corrected chi connectivity index (χ4v) is 2.00. The first kappa shape index (κ1) is 11.7. The summed E-state index contributed by atoms with van der Waals surface area (Å²) in [5.74, 6) is 0. The van der Waals surface area contributed by atoms with Gasteiger partial charge in [0.2, 0.25) is 0 Å². The molecule has 2 rings (SSSR count). The van der Waals surface area contributed by atoms with Crippen molar-refractivity contribution in [1.29, 1.82) is 0 Å². The van der Waals surface area contributed by atoms with Crippen LogP contribution in [0.3, 0.4) is 0 Å². The van der Waals surface area contributed by atoms with E-state index in [-0.39, 0.29) is 0 Å². The molecule has 17 heavy (non-hydrogen) atoms. The van der Waals surface area contributed by atoms with E-state index in [4.69, 9.17) is 0 Å². The molecule has 0 amide bonds. The molecule has 0 aliphatic carbocycles. The molecule has 88 valence electrons. The molecule has 0 bridgehead atoms. The van der Waals surface area contributed by atoms with Crippen LogP contribution in [0.4, 0.5) is 5.69 Å². The Morgan fingerprint density at radius 2 is 1.65 bits per heavy atom. The minimum absolute atomic E-state index is 0.884. The zero-order valence-corrected chi connectivity index (χ0v) is 10.7. The van der Waals surface area contributed by atoms with Crippen LogP contribution >= 0.6 is 0 Å². The number of hydrogen-bond donors (Lipinski definition) is 1. The summed E-state index contributed by atoms with van der Waals surface area (Å²) >= 11 is 0. The van der Waals surface area contributed by atoms with Crippen LogP contribution in [-0.4, -0.2) is 0 Å². The number of rotatable bonds is 3. The normalized spacial score (nSPS) is 10.3. The zero-order valence-electron chi connectivity index (χ0n) is 10.7. The van der Waals surface area contributed by atoms with Gasteiger partial charge < -0.3 is 5.32 Å². The van der Waals surface area contributed by atoms with E-state index in [1.807, 2.05) is 0 Å². The number of aryl methyl sites for hydroxylation is 3. The first-order valence-corrected chi connectivity index (χ1v) is 6.02.